The van der Waals surface area contributed by atoms with E-state index >= 15 is 0 Å². The van der Waals surface area contributed by atoms with E-state index in [4.69, 9.17) is 28.5 Å². The Balaban J connectivity index is 1.33. The highest BCUT2D eigenvalue weighted by Crippen LogP contribution is 2.30. The number of carbonyl (C=O) groups is 1. The van der Waals surface area contributed by atoms with Crippen LogP contribution >= 0.6 is 23.2 Å². The Morgan fingerprint density at radius 1 is 1.11 bits per heavy atom. The Hall–Kier alpha value is -3.97. The normalized spacial score (nSPS) is 15.5. The molecular weight excluding hydrogens is 511 g/mol. The number of nitriles is 1. The molecular formula is C26H22Cl2N8O. The van der Waals surface area contributed by atoms with Crippen molar-refractivity contribution in [3.63, 3.8) is 0 Å². The maximum Gasteiger partial charge on any atom is 0.228 e. The largest absolute Gasteiger partial charge is 0.324 e. The lowest BCUT2D eigenvalue weighted by Gasteiger charge is -2.31. The summed E-state index contributed by atoms with van der Waals surface area (Å²) >= 11 is 12.7. The number of nitrogens with zero attached hydrogens (tertiary/aromatic N) is 6. The number of halogens is 2. The number of anilines is 3. The van der Waals surface area contributed by atoms with Gasteiger partial charge in [-0.1, -0.05) is 23.2 Å². The number of piperidine rings is 1. The molecule has 0 saturated carbocycles. The second-order valence-electron chi connectivity index (χ2n) is 8.54. The van der Waals surface area contributed by atoms with Crippen LogP contribution in [0.3, 0.4) is 0 Å². The SMILES string of the molecule is CN[C@H]1CCN(c2ccc(Nc3ncc(Cl)c(-c4cnn(-c5ccc(C#N)cc5Cl)c4)n3)cc2)C(=O)C1. The average molecular weight is 533 g/mol. The van der Waals surface area contributed by atoms with Crippen LogP contribution in [0, 0.1) is 11.3 Å². The summed E-state index contributed by atoms with van der Waals surface area (Å²) in [6.45, 7) is 0.683. The van der Waals surface area contributed by atoms with Gasteiger partial charge in [0.1, 0.15) is 0 Å². The van der Waals surface area contributed by atoms with E-state index in [1.165, 1.54) is 6.20 Å². The monoisotopic (exact) mass is 532 g/mol. The molecule has 1 atom stereocenters. The summed E-state index contributed by atoms with van der Waals surface area (Å²) in [7, 11) is 1.88. The van der Waals surface area contributed by atoms with Crippen molar-refractivity contribution in [2.45, 2.75) is 18.9 Å². The fourth-order valence-corrected chi connectivity index (χ4v) is 4.64. The second-order valence-corrected chi connectivity index (χ2v) is 9.35. The number of hydrogen-bond donors (Lipinski definition) is 2. The molecule has 1 amide bonds. The Morgan fingerprint density at radius 2 is 1.92 bits per heavy atom. The average Bonchev–Trinajstić information content (AvgIpc) is 3.40. The van der Waals surface area contributed by atoms with Crippen molar-refractivity contribution in [1.29, 1.82) is 5.26 Å². The van der Waals surface area contributed by atoms with Gasteiger partial charge in [0.15, 0.2) is 0 Å². The summed E-state index contributed by atoms with van der Waals surface area (Å²) in [5.74, 6) is 0.474. The third-order valence-corrected chi connectivity index (χ3v) is 6.77. The van der Waals surface area contributed by atoms with Gasteiger partial charge in [-0.3, -0.25) is 4.79 Å². The third kappa shape index (κ3) is 5.27. The van der Waals surface area contributed by atoms with Gasteiger partial charge in [-0.15, -0.1) is 0 Å². The summed E-state index contributed by atoms with van der Waals surface area (Å²) in [5, 5.41) is 20.6. The van der Waals surface area contributed by atoms with Gasteiger partial charge < -0.3 is 15.5 Å². The van der Waals surface area contributed by atoms with E-state index in [2.05, 4.69) is 31.8 Å². The molecule has 3 heterocycles. The number of benzene rings is 2. The minimum Gasteiger partial charge on any atom is -0.324 e. The standard InChI is InChI=1S/C26H22Cl2N8O/c1-30-19-8-9-35(24(37)11-19)20-5-3-18(4-6-20)33-26-31-14-22(28)25(34-26)17-13-32-36(15-17)23-7-2-16(12-29)10-21(23)27/h2-7,10,13-15,19,30H,8-9,11H2,1H3,(H,31,33,34)/t19-/m0/s1. The summed E-state index contributed by atoms with van der Waals surface area (Å²) < 4.78 is 1.60. The molecule has 0 bridgehead atoms. The Kier molecular flexibility index (Phi) is 7.06. The number of amides is 1. The maximum absolute atomic E-state index is 12.5. The van der Waals surface area contributed by atoms with Gasteiger partial charge in [0.25, 0.3) is 0 Å². The summed E-state index contributed by atoms with van der Waals surface area (Å²) in [5.41, 5.74) is 3.91. The first-order valence-electron chi connectivity index (χ1n) is 11.6. The van der Waals surface area contributed by atoms with Gasteiger partial charge in [-0.2, -0.15) is 10.4 Å². The Labute approximate surface area is 223 Å². The minimum absolute atomic E-state index is 0.111. The van der Waals surface area contributed by atoms with E-state index < -0.39 is 0 Å². The summed E-state index contributed by atoms with van der Waals surface area (Å²) in [6, 6.07) is 14.9. The van der Waals surface area contributed by atoms with Crippen molar-refractivity contribution < 1.29 is 4.79 Å². The van der Waals surface area contributed by atoms with Gasteiger partial charge in [-0.25, -0.2) is 14.6 Å². The molecule has 11 heteroatoms. The van der Waals surface area contributed by atoms with Crippen LogP contribution in [-0.2, 0) is 4.79 Å². The molecule has 1 aliphatic heterocycles. The van der Waals surface area contributed by atoms with Crippen molar-refractivity contribution in [1.82, 2.24) is 25.1 Å². The van der Waals surface area contributed by atoms with Gasteiger partial charge in [0.05, 0.1) is 45.5 Å². The first-order chi connectivity index (χ1) is 17.9. The van der Waals surface area contributed by atoms with Crippen LogP contribution in [0.5, 0.6) is 0 Å². The molecule has 2 aromatic carbocycles. The van der Waals surface area contributed by atoms with Gasteiger partial charge in [-0.05, 0) is 55.9 Å². The quantitative estimate of drug-likeness (QED) is 0.360. The number of rotatable bonds is 6. The van der Waals surface area contributed by atoms with E-state index in [-0.39, 0.29) is 11.9 Å². The molecule has 2 N–H and O–H groups in total. The van der Waals surface area contributed by atoms with E-state index in [9.17, 15) is 4.79 Å². The number of aromatic nitrogens is 4. The fourth-order valence-electron chi connectivity index (χ4n) is 4.17. The first-order valence-corrected chi connectivity index (χ1v) is 12.3. The molecule has 2 aromatic heterocycles. The topological polar surface area (TPSA) is 112 Å². The fraction of sp³-hybridized carbons (Fsp3) is 0.192. The molecule has 37 heavy (non-hydrogen) atoms. The lowest BCUT2D eigenvalue weighted by atomic mass is 10.0. The zero-order valence-electron chi connectivity index (χ0n) is 19.8. The van der Waals surface area contributed by atoms with E-state index in [1.54, 1.807) is 35.3 Å². The zero-order valence-corrected chi connectivity index (χ0v) is 21.3. The van der Waals surface area contributed by atoms with E-state index in [0.29, 0.717) is 51.5 Å². The molecule has 4 aromatic rings. The van der Waals surface area contributed by atoms with Gasteiger partial charge in [0, 0.05) is 42.1 Å². The van der Waals surface area contributed by atoms with E-state index in [1.807, 2.05) is 36.2 Å². The van der Waals surface area contributed by atoms with Crippen LogP contribution in [-0.4, -0.2) is 45.3 Å². The van der Waals surface area contributed by atoms with Crippen molar-refractivity contribution >= 4 is 46.4 Å². The van der Waals surface area contributed by atoms with Gasteiger partial charge >= 0.3 is 0 Å². The molecule has 0 aliphatic carbocycles. The number of nitrogens with one attached hydrogen (secondary N) is 2. The highest BCUT2D eigenvalue weighted by atomic mass is 35.5. The van der Waals surface area contributed by atoms with Crippen LogP contribution < -0.4 is 15.5 Å². The summed E-state index contributed by atoms with van der Waals surface area (Å²) in [6.07, 6.45) is 6.32. The van der Waals surface area contributed by atoms with Crippen molar-refractivity contribution in [3.05, 3.63) is 76.7 Å². The number of carbonyl (C=O) groups excluding carboxylic acids is 1. The van der Waals surface area contributed by atoms with Crippen molar-refractivity contribution in [2.24, 2.45) is 0 Å². The molecule has 186 valence electrons. The second kappa shape index (κ2) is 10.6. The lowest BCUT2D eigenvalue weighted by molar-refractivity contribution is -0.120. The third-order valence-electron chi connectivity index (χ3n) is 6.19. The zero-order chi connectivity index (χ0) is 25.9. The van der Waals surface area contributed by atoms with Crippen molar-refractivity contribution in [2.75, 3.05) is 23.8 Å². The predicted molar refractivity (Wildman–Crippen MR) is 143 cm³/mol. The van der Waals surface area contributed by atoms with Crippen LogP contribution in [0.4, 0.5) is 17.3 Å². The molecule has 0 spiro atoms. The van der Waals surface area contributed by atoms with Crippen LogP contribution in [0.25, 0.3) is 16.9 Å². The van der Waals surface area contributed by atoms with Crippen molar-refractivity contribution in [3.8, 4) is 23.0 Å². The molecule has 5 rings (SSSR count). The smallest absolute Gasteiger partial charge is 0.228 e. The molecule has 0 unspecified atom stereocenters. The lowest BCUT2D eigenvalue weighted by Crippen LogP contribution is -2.45. The number of hydrogen-bond acceptors (Lipinski definition) is 7. The predicted octanol–water partition coefficient (Wildman–Crippen LogP) is 4.97. The van der Waals surface area contributed by atoms with Crippen LogP contribution in [0.15, 0.2) is 61.1 Å². The van der Waals surface area contributed by atoms with Crippen LogP contribution in [0.2, 0.25) is 10.0 Å². The molecule has 1 saturated heterocycles. The Bertz CT molecular complexity index is 1500. The molecule has 1 fully saturated rings. The van der Waals surface area contributed by atoms with Crippen LogP contribution in [0.1, 0.15) is 18.4 Å². The highest BCUT2D eigenvalue weighted by molar-refractivity contribution is 6.33. The Morgan fingerprint density at radius 3 is 2.62 bits per heavy atom. The summed E-state index contributed by atoms with van der Waals surface area (Å²) in [4.78, 5) is 23.2. The minimum atomic E-state index is 0.111. The highest BCUT2D eigenvalue weighted by Gasteiger charge is 2.25. The molecule has 0 radical (unpaired) electrons. The first kappa shape index (κ1) is 24.7. The van der Waals surface area contributed by atoms with E-state index in [0.717, 1.165) is 17.8 Å². The van der Waals surface area contributed by atoms with Gasteiger partial charge in [0.2, 0.25) is 11.9 Å². The molecule has 1 aliphatic rings. The molecule has 9 nitrogen and oxygen atoms in total. The maximum atomic E-state index is 12.5.